The Balaban J connectivity index is 1.74. The first-order valence-electron chi connectivity index (χ1n) is 7.35. The van der Waals surface area contributed by atoms with E-state index in [1.54, 1.807) is 12.3 Å². The molecule has 7 nitrogen and oxygen atoms in total. The summed E-state index contributed by atoms with van der Waals surface area (Å²) in [4.78, 5) is 29.6. The van der Waals surface area contributed by atoms with Crippen molar-refractivity contribution in [3.8, 4) is 9.88 Å². The van der Waals surface area contributed by atoms with Crippen molar-refractivity contribution in [1.82, 2.24) is 14.6 Å². The number of carbonyl (C=O) groups is 2. The summed E-state index contributed by atoms with van der Waals surface area (Å²) in [6, 6.07) is 7.61. The number of anilines is 1. The number of nitrogens with one attached hydrogen (secondary N) is 1. The second-order valence-electron chi connectivity index (χ2n) is 5.29. The van der Waals surface area contributed by atoms with Crippen LogP contribution in [-0.4, -0.2) is 31.6 Å². The van der Waals surface area contributed by atoms with Gasteiger partial charge in [0.15, 0.2) is 0 Å². The third kappa shape index (κ3) is 2.87. The smallest absolute Gasteiger partial charge is 0.339 e. The lowest BCUT2D eigenvalue weighted by molar-refractivity contribution is 0.0699. The quantitative estimate of drug-likeness (QED) is 0.532. The molecule has 1 amide bonds. The normalized spacial score (nSPS) is 11.0. The van der Waals surface area contributed by atoms with Crippen molar-refractivity contribution in [2.75, 3.05) is 5.32 Å². The number of hydrogen-bond donors (Lipinski definition) is 2. The Kier molecular flexibility index (Phi) is 4.23. The summed E-state index contributed by atoms with van der Waals surface area (Å²) >= 11 is 3.63. The minimum absolute atomic E-state index is 0.0394. The van der Waals surface area contributed by atoms with Crippen molar-refractivity contribution in [2.45, 2.75) is 6.92 Å². The first kappa shape index (κ1) is 16.8. The Morgan fingerprint density at radius 3 is 2.73 bits per heavy atom. The number of amides is 1. The lowest BCUT2D eigenvalue weighted by atomic mass is 10.2. The van der Waals surface area contributed by atoms with Crippen molar-refractivity contribution >= 4 is 62.0 Å². The monoisotopic (exact) mass is 402 g/mol. The average molecular weight is 402 g/mol. The van der Waals surface area contributed by atoms with E-state index < -0.39 is 11.9 Å². The number of aromatic carboxylic acids is 1. The molecule has 1 aromatic carbocycles. The van der Waals surface area contributed by atoms with Crippen molar-refractivity contribution in [2.24, 2.45) is 0 Å². The number of thiazole rings is 1. The highest BCUT2D eigenvalue weighted by Crippen LogP contribution is 2.40. The summed E-state index contributed by atoms with van der Waals surface area (Å²) in [6.07, 6.45) is 0. The predicted octanol–water partition coefficient (Wildman–Crippen LogP) is 4.14. The molecule has 0 radical (unpaired) electrons. The molecule has 0 aliphatic rings. The Morgan fingerprint density at radius 1 is 1.23 bits per heavy atom. The molecule has 10 heteroatoms. The number of rotatable bonds is 4. The van der Waals surface area contributed by atoms with Gasteiger partial charge in [-0.05, 0) is 30.6 Å². The fourth-order valence-electron chi connectivity index (χ4n) is 2.41. The van der Waals surface area contributed by atoms with Crippen LogP contribution in [0.25, 0.3) is 20.1 Å². The zero-order valence-corrected chi connectivity index (χ0v) is 15.7. The van der Waals surface area contributed by atoms with E-state index in [2.05, 4.69) is 19.9 Å². The number of benzene rings is 1. The molecule has 0 aliphatic heterocycles. The van der Waals surface area contributed by atoms with Gasteiger partial charge in [0, 0.05) is 5.38 Å². The van der Waals surface area contributed by atoms with Crippen LogP contribution in [0, 0.1) is 6.92 Å². The number of thiophene rings is 1. The van der Waals surface area contributed by atoms with E-state index in [0.29, 0.717) is 20.5 Å². The first-order valence-corrected chi connectivity index (χ1v) is 9.82. The lowest BCUT2D eigenvalue weighted by Gasteiger charge is -2.04. The average Bonchev–Trinajstić information content (AvgIpc) is 3.31. The third-order valence-electron chi connectivity index (χ3n) is 3.60. The van der Waals surface area contributed by atoms with Crippen molar-refractivity contribution < 1.29 is 14.7 Å². The number of carboxylic acid groups (broad SMARTS) is 1. The molecular weight excluding hydrogens is 392 g/mol. The Labute approximate surface area is 159 Å². The van der Waals surface area contributed by atoms with Crippen LogP contribution in [0.1, 0.15) is 25.7 Å². The van der Waals surface area contributed by atoms with Gasteiger partial charge in [-0.1, -0.05) is 16.6 Å². The molecule has 4 rings (SSSR count). The van der Waals surface area contributed by atoms with Crippen LogP contribution in [0.2, 0.25) is 0 Å². The molecule has 0 bridgehead atoms. The summed E-state index contributed by atoms with van der Waals surface area (Å²) in [5, 5.41) is 18.4. The fourth-order valence-corrected chi connectivity index (χ4v) is 5.01. The van der Waals surface area contributed by atoms with Gasteiger partial charge in [-0.2, -0.15) is 0 Å². The highest BCUT2D eigenvalue weighted by molar-refractivity contribution is 7.25. The van der Waals surface area contributed by atoms with Crippen LogP contribution in [0.15, 0.2) is 29.6 Å². The second-order valence-corrected chi connectivity index (χ2v) is 7.95. The number of hydrogen-bond acceptors (Lipinski definition) is 8. The molecule has 0 saturated carbocycles. The summed E-state index contributed by atoms with van der Waals surface area (Å²) in [7, 11) is 0. The number of carboxylic acids is 1. The molecule has 0 spiro atoms. The number of nitrogens with zero attached hydrogens (tertiary/aromatic N) is 3. The van der Waals surface area contributed by atoms with E-state index >= 15 is 0 Å². The number of carbonyl (C=O) groups excluding carboxylic acids is 1. The Morgan fingerprint density at radius 2 is 2.04 bits per heavy atom. The van der Waals surface area contributed by atoms with E-state index in [1.165, 1.54) is 22.7 Å². The third-order valence-corrected chi connectivity index (χ3v) is 6.60. The van der Waals surface area contributed by atoms with Gasteiger partial charge in [-0.15, -0.1) is 27.8 Å². The second kappa shape index (κ2) is 6.56. The van der Waals surface area contributed by atoms with E-state index in [9.17, 15) is 14.7 Å². The zero-order valence-electron chi connectivity index (χ0n) is 13.2. The van der Waals surface area contributed by atoms with Gasteiger partial charge in [0.05, 0.1) is 26.5 Å². The molecule has 0 atom stereocenters. The molecule has 0 unspecified atom stereocenters. The highest BCUT2D eigenvalue weighted by atomic mass is 32.1. The SMILES string of the molecule is Cc1nnsc1C(=O)Nc1csc(-c2nc3ccccc3s2)c1C(=O)O. The molecule has 4 aromatic rings. The fraction of sp³-hybridized carbons (Fsp3) is 0.0625. The van der Waals surface area contributed by atoms with E-state index in [1.807, 2.05) is 24.3 Å². The van der Waals surface area contributed by atoms with Crippen molar-refractivity contribution in [1.29, 1.82) is 0 Å². The molecular formula is C16H10N4O3S3. The molecule has 0 saturated heterocycles. The summed E-state index contributed by atoms with van der Waals surface area (Å²) < 4.78 is 4.70. The van der Waals surface area contributed by atoms with Gasteiger partial charge < -0.3 is 10.4 Å². The molecule has 0 fully saturated rings. The molecule has 2 N–H and O–H groups in total. The number of fused-ring (bicyclic) bond motifs is 1. The van der Waals surface area contributed by atoms with Crippen LogP contribution in [-0.2, 0) is 0 Å². The van der Waals surface area contributed by atoms with Crippen LogP contribution >= 0.6 is 34.2 Å². The van der Waals surface area contributed by atoms with E-state index in [-0.39, 0.29) is 11.3 Å². The topological polar surface area (TPSA) is 105 Å². The molecule has 3 heterocycles. The van der Waals surface area contributed by atoms with Gasteiger partial charge >= 0.3 is 5.97 Å². The first-order chi connectivity index (χ1) is 12.5. The minimum Gasteiger partial charge on any atom is -0.478 e. The number of aryl methyl sites for hydroxylation is 1. The summed E-state index contributed by atoms with van der Waals surface area (Å²) in [5.41, 5.74) is 1.60. The predicted molar refractivity (Wildman–Crippen MR) is 102 cm³/mol. The van der Waals surface area contributed by atoms with Crippen molar-refractivity contribution in [3.05, 3.63) is 45.8 Å². The largest absolute Gasteiger partial charge is 0.478 e. The maximum Gasteiger partial charge on any atom is 0.339 e. The van der Waals surface area contributed by atoms with E-state index in [4.69, 9.17) is 0 Å². The van der Waals surface area contributed by atoms with Gasteiger partial charge in [0.1, 0.15) is 15.4 Å². The highest BCUT2D eigenvalue weighted by Gasteiger charge is 2.24. The molecule has 0 aliphatic carbocycles. The van der Waals surface area contributed by atoms with Gasteiger partial charge in [-0.3, -0.25) is 4.79 Å². The Hall–Kier alpha value is -2.69. The van der Waals surface area contributed by atoms with Crippen LogP contribution < -0.4 is 5.32 Å². The van der Waals surface area contributed by atoms with Gasteiger partial charge in [0.25, 0.3) is 5.91 Å². The number of para-hydroxylation sites is 1. The lowest BCUT2D eigenvalue weighted by Crippen LogP contribution is -2.13. The standard InChI is InChI=1S/C16H10N4O3S3/c1-7-12(26-20-19-7)14(21)17-9-6-24-13(11(9)16(22)23)15-18-8-4-2-3-5-10(8)25-15/h2-6H,1H3,(H,17,21)(H,22,23). The number of aromatic nitrogens is 3. The molecule has 3 aromatic heterocycles. The van der Waals surface area contributed by atoms with Gasteiger partial charge in [0.2, 0.25) is 0 Å². The van der Waals surface area contributed by atoms with Crippen LogP contribution in [0.3, 0.4) is 0 Å². The van der Waals surface area contributed by atoms with Crippen molar-refractivity contribution in [3.63, 3.8) is 0 Å². The van der Waals surface area contributed by atoms with E-state index in [0.717, 1.165) is 21.7 Å². The zero-order chi connectivity index (χ0) is 18.3. The molecule has 130 valence electrons. The summed E-state index contributed by atoms with van der Waals surface area (Å²) in [6.45, 7) is 1.68. The van der Waals surface area contributed by atoms with Crippen LogP contribution in [0.4, 0.5) is 5.69 Å². The summed E-state index contributed by atoms with van der Waals surface area (Å²) in [5.74, 6) is -1.54. The Bertz CT molecular complexity index is 1110. The maximum atomic E-state index is 12.4. The van der Waals surface area contributed by atoms with Crippen LogP contribution in [0.5, 0.6) is 0 Å². The van der Waals surface area contributed by atoms with Gasteiger partial charge in [-0.25, -0.2) is 9.78 Å². The molecule has 26 heavy (non-hydrogen) atoms. The maximum absolute atomic E-state index is 12.4. The minimum atomic E-state index is -1.12.